The molecule has 3 fully saturated rings. The van der Waals surface area contributed by atoms with Crippen molar-refractivity contribution < 1.29 is 18.9 Å². The SMILES string of the molecule is CCCC1CCC23OC(=N)C(C#N)(C2C1)C(C#N)(C#N)C(c1ccc2c(c1)OCO2)O3. The van der Waals surface area contributed by atoms with Crippen molar-refractivity contribution in [2.75, 3.05) is 6.79 Å². The molecule has 5 rings (SSSR count). The molecule has 5 atom stereocenters. The van der Waals surface area contributed by atoms with Crippen LogP contribution < -0.4 is 9.47 Å². The number of fused-ring (bicyclic) bond motifs is 1. The first-order chi connectivity index (χ1) is 15.0. The van der Waals surface area contributed by atoms with E-state index in [0.717, 1.165) is 19.3 Å². The van der Waals surface area contributed by atoms with E-state index in [9.17, 15) is 15.8 Å². The maximum atomic E-state index is 10.4. The molecule has 0 radical (unpaired) electrons. The van der Waals surface area contributed by atoms with E-state index in [-0.39, 0.29) is 12.7 Å². The van der Waals surface area contributed by atoms with Crippen LogP contribution in [0.25, 0.3) is 0 Å². The molecule has 8 nitrogen and oxygen atoms in total. The molecule has 5 unspecified atom stereocenters. The number of benzene rings is 1. The normalized spacial score (nSPS) is 36.5. The molecule has 0 spiro atoms. The maximum absolute atomic E-state index is 10.4. The number of nitriles is 3. The molecule has 2 saturated heterocycles. The summed E-state index contributed by atoms with van der Waals surface area (Å²) in [6, 6.07) is 11.6. The summed E-state index contributed by atoms with van der Waals surface area (Å²) in [5.74, 6) is -0.666. The van der Waals surface area contributed by atoms with Gasteiger partial charge in [0, 0.05) is 6.42 Å². The zero-order chi connectivity index (χ0) is 21.9. The van der Waals surface area contributed by atoms with Gasteiger partial charge in [0.25, 0.3) is 0 Å². The average Bonchev–Trinajstić information content (AvgIpc) is 3.33. The second kappa shape index (κ2) is 6.61. The van der Waals surface area contributed by atoms with Gasteiger partial charge >= 0.3 is 0 Å². The predicted octanol–water partition coefficient (Wildman–Crippen LogP) is 3.95. The van der Waals surface area contributed by atoms with E-state index in [1.165, 1.54) is 0 Å². The van der Waals surface area contributed by atoms with Crippen LogP contribution in [0.15, 0.2) is 18.2 Å². The third kappa shape index (κ3) is 2.27. The quantitative estimate of drug-likeness (QED) is 0.786. The fourth-order valence-electron chi connectivity index (χ4n) is 5.96. The van der Waals surface area contributed by atoms with E-state index >= 15 is 0 Å². The second-order valence-corrected chi connectivity index (χ2v) is 8.79. The van der Waals surface area contributed by atoms with Crippen LogP contribution >= 0.6 is 0 Å². The summed E-state index contributed by atoms with van der Waals surface area (Å²) in [5.41, 5.74) is -3.12. The number of nitrogens with zero attached hydrogens (tertiary/aromatic N) is 3. The van der Waals surface area contributed by atoms with Crippen molar-refractivity contribution in [3.63, 3.8) is 0 Å². The molecule has 31 heavy (non-hydrogen) atoms. The summed E-state index contributed by atoms with van der Waals surface area (Å²) in [6.45, 7) is 2.20. The minimum atomic E-state index is -1.94. The molecule has 158 valence electrons. The van der Waals surface area contributed by atoms with Crippen LogP contribution in [0, 0.1) is 62.1 Å². The summed E-state index contributed by atoms with van der Waals surface area (Å²) in [4.78, 5) is 0. The van der Waals surface area contributed by atoms with Gasteiger partial charge in [-0.2, -0.15) is 15.8 Å². The Morgan fingerprint density at radius 1 is 1.13 bits per heavy atom. The molecule has 4 aliphatic rings. The smallest absolute Gasteiger partial charge is 0.231 e. The molecule has 8 heteroatoms. The number of hydrogen-bond donors (Lipinski definition) is 1. The summed E-state index contributed by atoms with van der Waals surface area (Å²) in [7, 11) is 0. The molecule has 2 bridgehead atoms. The Morgan fingerprint density at radius 3 is 2.61 bits per heavy atom. The van der Waals surface area contributed by atoms with Gasteiger partial charge in [0.1, 0.15) is 6.10 Å². The Kier molecular flexibility index (Phi) is 4.19. The average molecular weight is 418 g/mol. The number of ether oxygens (including phenoxy) is 4. The third-order valence-corrected chi connectivity index (χ3v) is 7.41. The lowest BCUT2D eigenvalue weighted by Crippen LogP contribution is -2.61. The number of nitrogens with one attached hydrogen (secondary N) is 1. The van der Waals surface area contributed by atoms with Gasteiger partial charge in [0.15, 0.2) is 16.9 Å². The third-order valence-electron chi connectivity index (χ3n) is 7.41. The summed E-state index contributed by atoms with van der Waals surface area (Å²) >= 11 is 0. The highest BCUT2D eigenvalue weighted by Crippen LogP contribution is 2.70. The monoisotopic (exact) mass is 418 g/mol. The summed E-state index contributed by atoms with van der Waals surface area (Å²) in [6.07, 6.45) is 2.87. The molecule has 0 aromatic heterocycles. The van der Waals surface area contributed by atoms with Crippen molar-refractivity contribution in [2.24, 2.45) is 22.7 Å². The maximum Gasteiger partial charge on any atom is 0.231 e. The Bertz CT molecular complexity index is 1070. The van der Waals surface area contributed by atoms with Crippen LogP contribution in [0.5, 0.6) is 11.5 Å². The van der Waals surface area contributed by atoms with Gasteiger partial charge in [-0.05, 0) is 36.5 Å². The van der Waals surface area contributed by atoms with Crippen LogP contribution in [0.3, 0.4) is 0 Å². The first-order valence-corrected chi connectivity index (χ1v) is 10.6. The number of rotatable bonds is 3. The highest BCUT2D eigenvalue weighted by atomic mass is 16.7. The van der Waals surface area contributed by atoms with E-state index in [4.69, 9.17) is 24.4 Å². The van der Waals surface area contributed by atoms with Crippen molar-refractivity contribution in [1.82, 2.24) is 0 Å². The van der Waals surface area contributed by atoms with Crippen LogP contribution in [-0.4, -0.2) is 18.5 Å². The van der Waals surface area contributed by atoms with Crippen molar-refractivity contribution in [3.8, 4) is 29.7 Å². The summed E-state index contributed by atoms with van der Waals surface area (Å²) < 4.78 is 23.3. The molecule has 0 amide bonds. The van der Waals surface area contributed by atoms with Gasteiger partial charge in [0.05, 0.1) is 24.1 Å². The Balaban J connectivity index is 1.69. The molecule has 1 aromatic rings. The van der Waals surface area contributed by atoms with Crippen molar-refractivity contribution in [1.29, 1.82) is 21.2 Å². The van der Waals surface area contributed by atoms with E-state index in [2.05, 4.69) is 25.1 Å². The zero-order valence-corrected chi connectivity index (χ0v) is 17.2. The minimum Gasteiger partial charge on any atom is -0.454 e. The molecule has 1 aliphatic carbocycles. The van der Waals surface area contributed by atoms with Crippen LogP contribution in [0.2, 0.25) is 0 Å². The first kappa shape index (κ1) is 19.7. The Morgan fingerprint density at radius 2 is 1.90 bits per heavy atom. The molecule has 1 aromatic carbocycles. The lowest BCUT2D eigenvalue weighted by molar-refractivity contribution is -0.299. The highest BCUT2D eigenvalue weighted by Gasteiger charge is 2.80. The van der Waals surface area contributed by atoms with Gasteiger partial charge in [0.2, 0.25) is 23.9 Å². The standard InChI is InChI=1S/C23H22N4O4/c1-2-3-14-6-7-23-18(8-14)22(12-26,20(27)31-23)21(10-24,11-25)19(30-23)15-4-5-16-17(9-15)29-13-28-16/h4-5,9,14,18-19,27H,2-3,6-8,13H2,1H3. The van der Waals surface area contributed by atoms with Crippen LogP contribution in [0.1, 0.15) is 50.7 Å². The van der Waals surface area contributed by atoms with Crippen LogP contribution in [0.4, 0.5) is 0 Å². The number of hydrogen-bond acceptors (Lipinski definition) is 8. The highest BCUT2D eigenvalue weighted by molar-refractivity contribution is 5.89. The molecule has 1 saturated carbocycles. The molecule has 3 heterocycles. The van der Waals surface area contributed by atoms with Gasteiger partial charge in [-0.25, -0.2) is 0 Å². The van der Waals surface area contributed by atoms with Gasteiger partial charge in [-0.3, -0.25) is 5.41 Å². The second-order valence-electron chi connectivity index (χ2n) is 8.79. The summed E-state index contributed by atoms with van der Waals surface area (Å²) in [5, 5.41) is 39.8. The fourth-order valence-corrected chi connectivity index (χ4v) is 5.96. The zero-order valence-electron chi connectivity index (χ0n) is 17.2. The van der Waals surface area contributed by atoms with Crippen molar-refractivity contribution in [2.45, 2.75) is 50.9 Å². The van der Waals surface area contributed by atoms with Crippen LogP contribution in [-0.2, 0) is 9.47 Å². The predicted molar refractivity (Wildman–Crippen MR) is 105 cm³/mol. The fraction of sp³-hybridized carbons (Fsp3) is 0.565. The van der Waals surface area contributed by atoms with E-state index in [0.29, 0.717) is 35.8 Å². The molecule has 1 N–H and O–H groups in total. The topological polar surface area (TPSA) is 132 Å². The minimum absolute atomic E-state index is 0.0900. The first-order valence-electron chi connectivity index (χ1n) is 10.6. The lowest BCUT2D eigenvalue weighted by atomic mass is 9.50. The largest absolute Gasteiger partial charge is 0.454 e. The Hall–Kier alpha value is -3.28. The van der Waals surface area contributed by atoms with Gasteiger partial charge < -0.3 is 18.9 Å². The van der Waals surface area contributed by atoms with Crippen molar-refractivity contribution >= 4 is 5.90 Å². The molecular weight excluding hydrogens is 396 g/mol. The van der Waals surface area contributed by atoms with E-state index in [1.54, 1.807) is 18.2 Å². The van der Waals surface area contributed by atoms with Gasteiger partial charge in [-0.15, -0.1) is 0 Å². The van der Waals surface area contributed by atoms with Crippen molar-refractivity contribution in [3.05, 3.63) is 23.8 Å². The van der Waals surface area contributed by atoms with E-state index < -0.39 is 28.6 Å². The molecular formula is C23H22N4O4. The van der Waals surface area contributed by atoms with E-state index in [1.807, 2.05) is 0 Å². The van der Waals surface area contributed by atoms with Gasteiger partial charge in [-0.1, -0.05) is 25.8 Å². The lowest BCUT2D eigenvalue weighted by Gasteiger charge is -2.52. The molecule has 3 aliphatic heterocycles. The Labute approximate surface area is 180 Å².